The molecule has 1 atom stereocenters. The van der Waals surface area contributed by atoms with E-state index in [1.807, 2.05) is 0 Å². The standard InChI is InChI=1S/C9H11F2NO3/c1-4-8(5(2)15-12-4)6(9(10)11)3-7(13)14/h6,9H,3H2,1-2H3,(H,13,14). The number of carbonyl (C=O) groups is 1. The van der Waals surface area contributed by atoms with Gasteiger partial charge in [-0.05, 0) is 13.8 Å². The van der Waals surface area contributed by atoms with Crippen molar-refractivity contribution in [3.8, 4) is 0 Å². The van der Waals surface area contributed by atoms with Crippen LogP contribution in [-0.4, -0.2) is 22.7 Å². The molecule has 0 aliphatic carbocycles. The number of hydrogen-bond acceptors (Lipinski definition) is 3. The minimum atomic E-state index is -2.74. The molecule has 0 aliphatic heterocycles. The molecule has 1 unspecified atom stereocenters. The lowest BCUT2D eigenvalue weighted by Gasteiger charge is -2.12. The van der Waals surface area contributed by atoms with E-state index in [0.717, 1.165) is 0 Å². The molecule has 1 aromatic heterocycles. The highest BCUT2D eigenvalue weighted by Crippen LogP contribution is 2.31. The van der Waals surface area contributed by atoms with Crippen LogP contribution in [0.2, 0.25) is 0 Å². The summed E-state index contributed by atoms with van der Waals surface area (Å²) in [5.74, 6) is -2.37. The molecule has 0 fully saturated rings. The van der Waals surface area contributed by atoms with Crippen LogP contribution in [0.1, 0.15) is 29.4 Å². The Morgan fingerprint density at radius 2 is 2.13 bits per heavy atom. The largest absolute Gasteiger partial charge is 0.481 e. The van der Waals surface area contributed by atoms with Crippen LogP contribution in [0, 0.1) is 13.8 Å². The van der Waals surface area contributed by atoms with Gasteiger partial charge in [0.25, 0.3) is 0 Å². The molecule has 0 aromatic carbocycles. The Morgan fingerprint density at radius 3 is 2.47 bits per heavy atom. The number of rotatable bonds is 4. The van der Waals surface area contributed by atoms with Gasteiger partial charge in [-0.25, -0.2) is 8.78 Å². The van der Waals surface area contributed by atoms with Crippen molar-refractivity contribution in [3.63, 3.8) is 0 Å². The number of carboxylic acids is 1. The van der Waals surface area contributed by atoms with Crippen LogP contribution in [0.25, 0.3) is 0 Å². The third-order valence-electron chi connectivity index (χ3n) is 2.16. The molecule has 0 bridgehead atoms. The van der Waals surface area contributed by atoms with Crippen LogP contribution in [0.3, 0.4) is 0 Å². The first-order valence-corrected chi connectivity index (χ1v) is 4.36. The lowest BCUT2D eigenvalue weighted by Crippen LogP contribution is -2.15. The molecule has 0 aliphatic rings. The predicted molar refractivity (Wildman–Crippen MR) is 47.0 cm³/mol. The van der Waals surface area contributed by atoms with Crippen LogP contribution in [-0.2, 0) is 4.79 Å². The summed E-state index contributed by atoms with van der Waals surface area (Å²) >= 11 is 0. The van der Waals surface area contributed by atoms with E-state index in [1.54, 1.807) is 0 Å². The molecule has 1 aromatic rings. The summed E-state index contributed by atoms with van der Waals surface area (Å²) in [6, 6.07) is 0. The second-order valence-corrected chi connectivity index (χ2v) is 3.28. The molecule has 84 valence electrons. The molecule has 0 saturated heterocycles. The molecule has 6 heteroatoms. The highest BCUT2D eigenvalue weighted by atomic mass is 19.3. The number of aryl methyl sites for hydroxylation is 2. The topological polar surface area (TPSA) is 63.3 Å². The van der Waals surface area contributed by atoms with Crippen molar-refractivity contribution in [3.05, 3.63) is 17.0 Å². The van der Waals surface area contributed by atoms with E-state index < -0.39 is 24.7 Å². The second kappa shape index (κ2) is 4.37. The van der Waals surface area contributed by atoms with E-state index >= 15 is 0 Å². The number of alkyl halides is 2. The molecule has 15 heavy (non-hydrogen) atoms. The zero-order valence-corrected chi connectivity index (χ0v) is 8.33. The first-order chi connectivity index (χ1) is 6.93. The molecule has 1 heterocycles. The lowest BCUT2D eigenvalue weighted by atomic mass is 9.95. The van der Waals surface area contributed by atoms with E-state index in [-0.39, 0.29) is 11.3 Å². The van der Waals surface area contributed by atoms with Gasteiger partial charge in [-0.15, -0.1) is 0 Å². The van der Waals surface area contributed by atoms with Gasteiger partial charge in [0.15, 0.2) is 0 Å². The van der Waals surface area contributed by atoms with Crippen molar-refractivity contribution in [1.29, 1.82) is 0 Å². The summed E-state index contributed by atoms with van der Waals surface area (Å²) in [5.41, 5.74) is 0.520. The van der Waals surface area contributed by atoms with E-state index in [9.17, 15) is 13.6 Å². The van der Waals surface area contributed by atoms with Gasteiger partial charge in [0.1, 0.15) is 5.76 Å². The summed E-state index contributed by atoms with van der Waals surface area (Å²) in [6.07, 6.45) is -3.36. The normalized spacial score (nSPS) is 13.1. The maximum Gasteiger partial charge on any atom is 0.304 e. The first kappa shape index (κ1) is 11.6. The highest BCUT2D eigenvalue weighted by Gasteiger charge is 2.30. The average molecular weight is 219 g/mol. The van der Waals surface area contributed by atoms with E-state index in [0.29, 0.717) is 5.69 Å². The van der Waals surface area contributed by atoms with E-state index in [2.05, 4.69) is 5.16 Å². The fourth-order valence-corrected chi connectivity index (χ4v) is 1.52. The Labute approximate surface area is 84.9 Å². The molecular weight excluding hydrogens is 208 g/mol. The third-order valence-corrected chi connectivity index (χ3v) is 2.16. The van der Waals surface area contributed by atoms with Gasteiger partial charge in [0.2, 0.25) is 6.43 Å². The Hall–Kier alpha value is -1.46. The number of aromatic nitrogens is 1. The number of hydrogen-bond donors (Lipinski definition) is 1. The molecule has 0 saturated carbocycles. The molecule has 0 amide bonds. The van der Waals surface area contributed by atoms with Gasteiger partial charge in [-0.2, -0.15) is 0 Å². The van der Waals surface area contributed by atoms with Crippen molar-refractivity contribution in [1.82, 2.24) is 5.16 Å². The maximum absolute atomic E-state index is 12.7. The summed E-state index contributed by atoms with van der Waals surface area (Å²) in [4.78, 5) is 10.4. The maximum atomic E-state index is 12.7. The number of halogens is 2. The van der Waals surface area contributed by atoms with Gasteiger partial charge in [0.05, 0.1) is 18.0 Å². The second-order valence-electron chi connectivity index (χ2n) is 3.28. The summed E-state index contributed by atoms with van der Waals surface area (Å²) in [5, 5.41) is 12.1. The smallest absolute Gasteiger partial charge is 0.304 e. The quantitative estimate of drug-likeness (QED) is 0.842. The molecule has 1 N–H and O–H groups in total. The molecule has 0 radical (unpaired) electrons. The first-order valence-electron chi connectivity index (χ1n) is 4.36. The van der Waals surface area contributed by atoms with Crippen LogP contribution in [0.5, 0.6) is 0 Å². The van der Waals surface area contributed by atoms with Crippen LogP contribution in [0.4, 0.5) is 8.78 Å². The monoisotopic (exact) mass is 219 g/mol. The van der Waals surface area contributed by atoms with Gasteiger partial charge in [-0.1, -0.05) is 5.16 Å². The van der Waals surface area contributed by atoms with Crippen LogP contribution < -0.4 is 0 Å². The minimum absolute atomic E-state index is 0.201. The van der Waals surface area contributed by atoms with E-state index in [1.165, 1.54) is 13.8 Å². The fourth-order valence-electron chi connectivity index (χ4n) is 1.52. The Kier molecular flexibility index (Phi) is 3.39. The molecule has 4 nitrogen and oxygen atoms in total. The van der Waals surface area contributed by atoms with Crippen LogP contribution >= 0.6 is 0 Å². The van der Waals surface area contributed by atoms with Gasteiger partial charge >= 0.3 is 5.97 Å². The van der Waals surface area contributed by atoms with Crippen molar-refractivity contribution < 1.29 is 23.2 Å². The summed E-state index contributed by atoms with van der Waals surface area (Å²) in [7, 11) is 0. The van der Waals surface area contributed by atoms with Gasteiger partial charge in [-0.3, -0.25) is 4.79 Å². The Bertz CT molecular complexity index is 343. The molecular formula is C9H11F2NO3. The lowest BCUT2D eigenvalue weighted by molar-refractivity contribution is -0.138. The zero-order chi connectivity index (χ0) is 11.6. The van der Waals surface area contributed by atoms with Gasteiger partial charge in [0, 0.05) is 5.56 Å². The zero-order valence-electron chi connectivity index (χ0n) is 8.33. The molecule has 1 rings (SSSR count). The summed E-state index contributed by atoms with van der Waals surface area (Å²) in [6.45, 7) is 3.01. The SMILES string of the molecule is Cc1noc(C)c1C(CC(=O)O)C(F)F. The number of aliphatic carboxylic acids is 1. The number of nitrogens with zero attached hydrogens (tertiary/aromatic N) is 1. The number of carboxylic acid groups (broad SMARTS) is 1. The third kappa shape index (κ3) is 2.51. The van der Waals surface area contributed by atoms with E-state index in [4.69, 9.17) is 9.63 Å². The molecule has 0 spiro atoms. The van der Waals surface area contributed by atoms with Crippen molar-refractivity contribution in [2.24, 2.45) is 0 Å². The van der Waals surface area contributed by atoms with Crippen molar-refractivity contribution in [2.45, 2.75) is 32.6 Å². The Morgan fingerprint density at radius 1 is 1.53 bits per heavy atom. The van der Waals surface area contributed by atoms with Crippen molar-refractivity contribution in [2.75, 3.05) is 0 Å². The summed E-state index contributed by atoms with van der Waals surface area (Å²) < 4.78 is 30.0. The predicted octanol–water partition coefficient (Wildman–Crippen LogP) is 2.11. The average Bonchev–Trinajstić information content (AvgIpc) is 2.42. The highest BCUT2D eigenvalue weighted by molar-refractivity contribution is 5.68. The fraction of sp³-hybridized carbons (Fsp3) is 0.556. The van der Waals surface area contributed by atoms with Crippen molar-refractivity contribution >= 4 is 5.97 Å². The minimum Gasteiger partial charge on any atom is -0.481 e. The Balaban J connectivity index is 3.04. The van der Waals surface area contributed by atoms with Crippen LogP contribution in [0.15, 0.2) is 4.52 Å². The van der Waals surface area contributed by atoms with Gasteiger partial charge < -0.3 is 9.63 Å².